The standard InChI is InChI=1S/C20H18FN7O/c21-13-1-3-15(25-11-13)19-9-16(26-29-19)18-4-2-14-12-27(7-8-28(14)18)20-17(10-22)23-5-6-24-20/h1,3,5-6,9,11,14,18H,2,4,7-8,12H2/t14?,18-/m1/s1. The van der Waals surface area contributed by atoms with Crippen LogP contribution in [-0.2, 0) is 0 Å². The molecular weight excluding hydrogens is 373 g/mol. The number of nitrogens with zero attached hydrogens (tertiary/aromatic N) is 7. The second-order valence-electron chi connectivity index (χ2n) is 7.25. The van der Waals surface area contributed by atoms with Crippen molar-refractivity contribution >= 4 is 5.82 Å². The number of piperazine rings is 1. The molecule has 1 unspecified atom stereocenters. The number of rotatable bonds is 3. The average Bonchev–Trinajstić information content (AvgIpc) is 3.41. The van der Waals surface area contributed by atoms with Gasteiger partial charge in [0.2, 0.25) is 0 Å². The molecule has 2 aliphatic rings. The lowest BCUT2D eigenvalue weighted by Crippen LogP contribution is -2.51. The van der Waals surface area contributed by atoms with Crippen molar-refractivity contribution in [2.75, 3.05) is 24.5 Å². The van der Waals surface area contributed by atoms with Gasteiger partial charge in [-0.2, -0.15) is 5.26 Å². The van der Waals surface area contributed by atoms with Crippen LogP contribution in [-0.4, -0.2) is 50.7 Å². The predicted octanol–water partition coefficient (Wildman–Crippen LogP) is 2.56. The van der Waals surface area contributed by atoms with Crippen molar-refractivity contribution in [3.8, 4) is 17.5 Å². The maximum atomic E-state index is 13.1. The van der Waals surface area contributed by atoms with E-state index >= 15 is 0 Å². The number of pyridine rings is 1. The van der Waals surface area contributed by atoms with E-state index in [0.717, 1.165) is 38.2 Å². The van der Waals surface area contributed by atoms with E-state index in [-0.39, 0.29) is 11.9 Å². The first-order valence-electron chi connectivity index (χ1n) is 9.53. The number of fused-ring (bicyclic) bond motifs is 1. The molecule has 0 aliphatic carbocycles. The van der Waals surface area contributed by atoms with E-state index in [9.17, 15) is 9.65 Å². The van der Waals surface area contributed by atoms with Gasteiger partial charge in [0.1, 0.15) is 23.3 Å². The molecule has 8 nitrogen and oxygen atoms in total. The fourth-order valence-corrected chi connectivity index (χ4v) is 4.29. The molecule has 0 aromatic carbocycles. The Balaban J connectivity index is 1.32. The summed E-state index contributed by atoms with van der Waals surface area (Å²) in [5, 5.41) is 13.6. The van der Waals surface area contributed by atoms with Crippen LogP contribution in [0.3, 0.4) is 0 Å². The number of anilines is 1. The molecule has 2 atom stereocenters. The largest absolute Gasteiger partial charge is 0.354 e. The predicted molar refractivity (Wildman–Crippen MR) is 101 cm³/mol. The van der Waals surface area contributed by atoms with Crippen LogP contribution in [0.25, 0.3) is 11.5 Å². The Morgan fingerprint density at radius 1 is 1.14 bits per heavy atom. The summed E-state index contributed by atoms with van der Waals surface area (Å²) in [5.41, 5.74) is 1.80. The van der Waals surface area contributed by atoms with Crippen LogP contribution in [0.4, 0.5) is 10.2 Å². The number of nitriles is 1. The first kappa shape index (κ1) is 17.7. The zero-order chi connectivity index (χ0) is 19.8. The van der Waals surface area contributed by atoms with Crippen LogP contribution < -0.4 is 4.90 Å². The van der Waals surface area contributed by atoms with Crippen molar-refractivity contribution in [2.45, 2.75) is 24.9 Å². The van der Waals surface area contributed by atoms with Gasteiger partial charge in [-0.1, -0.05) is 5.16 Å². The minimum absolute atomic E-state index is 0.178. The Bertz CT molecular complexity index is 1060. The lowest BCUT2D eigenvalue weighted by Gasteiger charge is -2.40. The molecule has 0 radical (unpaired) electrons. The molecular formula is C20H18FN7O. The van der Waals surface area contributed by atoms with Gasteiger partial charge in [-0.05, 0) is 25.0 Å². The van der Waals surface area contributed by atoms with Gasteiger partial charge in [0.25, 0.3) is 0 Å². The van der Waals surface area contributed by atoms with Gasteiger partial charge in [0, 0.05) is 44.1 Å². The Labute approximate surface area is 166 Å². The summed E-state index contributed by atoms with van der Waals surface area (Å²) >= 11 is 0. The SMILES string of the molecule is N#Cc1nccnc1N1CCN2C(CC[C@@H]2c2cc(-c3ccc(F)cn3)on2)C1. The number of halogens is 1. The summed E-state index contributed by atoms with van der Waals surface area (Å²) in [4.78, 5) is 17.1. The molecule has 146 valence electrons. The van der Waals surface area contributed by atoms with Crippen molar-refractivity contribution in [1.29, 1.82) is 5.26 Å². The van der Waals surface area contributed by atoms with Crippen molar-refractivity contribution in [3.05, 3.63) is 54.0 Å². The smallest absolute Gasteiger partial charge is 0.185 e. The van der Waals surface area contributed by atoms with E-state index < -0.39 is 0 Å². The molecule has 3 aromatic rings. The minimum Gasteiger partial charge on any atom is -0.354 e. The lowest BCUT2D eigenvalue weighted by molar-refractivity contribution is 0.170. The van der Waals surface area contributed by atoms with Crippen molar-refractivity contribution in [2.24, 2.45) is 0 Å². The van der Waals surface area contributed by atoms with Gasteiger partial charge in [0.05, 0.1) is 12.2 Å². The van der Waals surface area contributed by atoms with Gasteiger partial charge in [-0.3, -0.25) is 4.90 Å². The first-order chi connectivity index (χ1) is 14.2. The molecule has 0 N–H and O–H groups in total. The summed E-state index contributed by atoms with van der Waals surface area (Å²) < 4.78 is 18.6. The van der Waals surface area contributed by atoms with Crippen LogP contribution in [0.2, 0.25) is 0 Å². The highest BCUT2D eigenvalue weighted by Gasteiger charge is 2.40. The highest BCUT2D eigenvalue weighted by molar-refractivity contribution is 5.52. The second-order valence-corrected chi connectivity index (χ2v) is 7.25. The van der Waals surface area contributed by atoms with Crippen molar-refractivity contribution in [1.82, 2.24) is 25.0 Å². The molecule has 2 fully saturated rings. The van der Waals surface area contributed by atoms with Gasteiger partial charge >= 0.3 is 0 Å². The van der Waals surface area contributed by atoms with E-state index in [2.05, 4.69) is 36.0 Å². The summed E-state index contributed by atoms with van der Waals surface area (Å²) in [5.74, 6) is 0.817. The molecule has 2 aliphatic heterocycles. The normalized spacial score (nSPS) is 21.7. The summed E-state index contributed by atoms with van der Waals surface area (Å²) in [6.45, 7) is 2.41. The van der Waals surface area contributed by atoms with Crippen molar-refractivity contribution < 1.29 is 8.91 Å². The van der Waals surface area contributed by atoms with Gasteiger partial charge in [-0.15, -0.1) is 0 Å². The Morgan fingerprint density at radius 3 is 2.86 bits per heavy atom. The lowest BCUT2D eigenvalue weighted by atomic mass is 10.1. The average molecular weight is 391 g/mol. The van der Waals surface area contributed by atoms with Gasteiger partial charge < -0.3 is 9.42 Å². The summed E-state index contributed by atoms with van der Waals surface area (Å²) in [6.07, 6.45) is 6.35. The number of hydrogen-bond donors (Lipinski definition) is 0. The maximum absolute atomic E-state index is 13.1. The minimum atomic E-state index is -0.382. The van der Waals surface area contributed by atoms with Gasteiger partial charge in [-0.25, -0.2) is 19.3 Å². The highest BCUT2D eigenvalue weighted by atomic mass is 19.1. The monoisotopic (exact) mass is 391 g/mol. The zero-order valence-corrected chi connectivity index (χ0v) is 15.6. The first-order valence-corrected chi connectivity index (χ1v) is 9.53. The molecule has 0 spiro atoms. The zero-order valence-electron chi connectivity index (χ0n) is 15.6. The summed E-state index contributed by atoms with van der Waals surface area (Å²) in [7, 11) is 0. The molecule has 0 saturated carbocycles. The van der Waals surface area contributed by atoms with E-state index in [1.807, 2.05) is 6.07 Å². The topological polar surface area (TPSA) is 95.0 Å². The third kappa shape index (κ3) is 3.21. The molecule has 2 saturated heterocycles. The molecule has 29 heavy (non-hydrogen) atoms. The second kappa shape index (κ2) is 7.22. The molecule has 5 rings (SSSR count). The molecule has 5 heterocycles. The van der Waals surface area contributed by atoms with Crippen LogP contribution in [0.1, 0.15) is 30.3 Å². The summed E-state index contributed by atoms with van der Waals surface area (Å²) in [6, 6.07) is 7.50. The fourth-order valence-electron chi connectivity index (χ4n) is 4.29. The highest BCUT2D eigenvalue weighted by Crippen LogP contribution is 2.39. The third-order valence-corrected chi connectivity index (χ3v) is 5.64. The third-order valence-electron chi connectivity index (χ3n) is 5.64. The number of hydrogen-bond acceptors (Lipinski definition) is 8. The number of aromatic nitrogens is 4. The van der Waals surface area contributed by atoms with E-state index in [1.165, 1.54) is 12.3 Å². The molecule has 0 bridgehead atoms. The fraction of sp³-hybridized carbons (Fsp3) is 0.350. The van der Waals surface area contributed by atoms with Crippen molar-refractivity contribution in [3.63, 3.8) is 0 Å². The molecule has 3 aromatic heterocycles. The Hall–Kier alpha value is -3.38. The quantitative estimate of drug-likeness (QED) is 0.672. The molecule has 9 heteroatoms. The van der Waals surface area contributed by atoms with E-state index in [4.69, 9.17) is 4.52 Å². The van der Waals surface area contributed by atoms with E-state index in [1.54, 1.807) is 18.5 Å². The van der Waals surface area contributed by atoms with Crippen LogP contribution in [0.5, 0.6) is 0 Å². The van der Waals surface area contributed by atoms with E-state index in [0.29, 0.717) is 29.0 Å². The van der Waals surface area contributed by atoms with Crippen LogP contribution in [0, 0.1) is 17.1 Å². The Morgan fingerprint density at radius 2 is 2.03 bits per heavy atom. The van der Waals surface area contributed by atoms with Crippen LogP contribution in [0.15, 0.2) is 41.3 Å². The van der Waals surface area contributed by atoms with Crippen LogP contribution >= 0.6 is 0 Å². The maximum Gasteiger partial charge on any atom is 0.185 e. The van der Waals surface area contributed by atoms with Gasteiger partial charge in [0.15, 0.2) is 17.3 Å². The Kier molecular flexibility index (Phi) is 4.41. The molecule has 0 amide bonds.